The highest BCUT2D eigenvalue weighted by Gasteiger charge is 2.13. The normalized spacial score (nSPS) is 11.3. The molecular weight excluding hydrogens is 287 g/mol. The second-order valence-electron chi connectivity index (χ2n) is 4.99. The number of rotatable bonds is 3. The van der Waals surface area contributed by atoms with Crippen molar-refractivity contribution in [1.29, 1.82) is 0 Å². The predicted molar refractivity (Wildman–Crippen MR) is 82.3 cm³/mol. The van der Waals surface area contributed by atoms with Crippen LogP contribution in [0.25, 0.3) is 22.3 Å². The topological polar surface area (TPSA) is 35.0 Å². The molecule has 2 heterocycles. The maximum Gasteiger partial charge on any atom is 0.191 e. The molecule has 5 heteroatoms. The van der Waals surface area contributed by atoms with Crippen molar-refractivity contribution in [2.24, 2.45) is 0 Å². The Balaban J connectivity index is 2.13. The van der Waals surface area contributed by atoms with E-state index in [1.54, 1.807) is 29.5 Å². The lowest BCUT2D eigenvalue weighted by atomic mass is 10.1. The first-order chi connectivity index (χ1) is 10.1. The number of hydrogen-bond donors (Lipinski definition) is 0. The molecule has 0 aliphatic rings. The van der Waals surface area contributed by atoms with Gasteiger partial charge in [0.05, 0.1) is 23.5 Å². The number of ether oxygens (including phenoxy) is 1. The minimum absolute atomic E-state index is 0.182. The van der Waals surface area contributed by atoms with Crippen molar-refractivity contribution in [3.63, 3.8) is 0 Å². The Hall–Kier alpha value is -2.01. The van der Waals surface area contributed by atoms with Crippen LogP contribution in [0, 0.1) is 11.9 Å². The summed E-state index contributed by atoms with van der Waals surface area (Å²) in [5, 5.41) is 3.60. The highest BCUT2D eigenvalue weighted by molar-refractivity contribution is 7.10. The zero-order valence-electron chi connectivity index (χ0n) is 12.0. The van der Waals surface area contributed by atoms with Crippen molar-refractivity contribution < 1.29 is 9.13 Å². The van der Waals surface area contributed by atoms with Crippen molar-refractivity contribution in [3.8, 4) is 17.1 Å². The van der Waals surface area contributed by atoms with Crippen LogP contribution in [0.15, 0.2) is 23.6 Å². The Morgan fingerprint density at radius 3 is 2.71 bits per heavy atom. The lowest BCUT2D eigenvalue weighted by molar-refractivity contribution is 0.388. The highest BCUT2D eigenvalue weighted by atomic mass is 32.1. The molecule has 0 N–H and O–H groups in total. The largest absolute Gasteiger partial charge is 0.494 e. The van der Waals surface area contributed by atoms with E-state index in [0.29, 0.717) is 17.0 Å². The van der Waals surface area contributed by atoms with Crippen molar-refractivity contribution in [2.75, 3.05) is 7.11 Å². The Morgan fingerprint density at radius 1 is 1.24 bits per heavy atom. The number of methoxy groups -OCH3 is 1. The molecule has 2 aromatic heterocycles. The summed E-state index contributed by atoms with van der Waals surface area (Å²) in [6, 6.07) is 8.12. The molecule has 21 heavy (non-hydrogen) atoms. The molecule has 0 amide bonds. The van der Waals surface area contributed by atoms with Crippen LogP contribution in [0.2, 0.25) is 0 Å². The summed E-state index contributed by atoms with van der Waals surface area (Å²) in [6.45, 7) is 4.18. The molecule has 1 aromatic carbocycles. The summed E-state index contributed by atoms with van der Waals surface area (Å²) in [7, 11) is 1.44. The summed E-state index contributed by atoms with van der Waals surface area (Å²) < 4.78 is 19.3. The van der Waals surface area contributed by atoms with E-state index in [2.05, 4.69) is 29.9 Å². The molecule has 1 radical (unpaired) electrons. The number of hydrogen-bond acceptors (Lipinski definition) is 4. The Labute approximate surface area is 126 Å². The Bertz CT molecular complexity index is 798. The molecule has 107 valence electrons. The van der Waals surface area contributed by atoms with Gasteiger partial charge >= 0.3 is 0 Å². The summed E-state index contributed by atoms with van der Waals surface area (Å²) in [5.74, 6) is 0.0825. The number of pyridine rings is 1. The fourth-order valence-electron chi connectivity index (χ4n) is 2.03. The van der Waals surface area contributed by atoms with E-state index in [0.717, 1.165) is 10.7 Å². The van der Waals surface area contributed by atoms with Gasteiger partial charge in [-0.3, -0.25) is 0 Å². The molecule has 3 nitrogen and oxygen atoms in total. The molecule has 3 aromatic rings. The zero-order valence-corrected chi connectivity index (χ0v) is 12.8. The smallest absolute Gasteiger partial charge is 0.191 e. The molecule has 0 saturated carbocycles. The number of nitrogens with zero attached hydrogens (tertiary/aromatic N) is 2. The van der Waals surface area contributed by atoms with E-state index in [4.69, 9.17) is 4.74 Å². The number of halogens is 1. The van der Waals surface area contributed by atoms with Gasteiger partial charge in [-0.05, 0) is 24.3 Å². The number of thiazole rings is 1. The van der Waals surface area contributed by atoms with Crippen LogP contribution in [0.4, 0.5) is 4.39 Å². The molecule has 0 bridgehead atoms. The van der Waals surface area contributed by atoms with Crippen LogP contribution < -0.4 is 4.74 Å². The van der Waals surface area contributed by atoms with E-state index in [-0.39, 0.29) is 11.3 Å². The highest BCUT2D eigenvalue weighted by Crippen LogP contribution is 2.29. The third kappa shape index (κ3) is 2.49. The molecule has 0 saturated heterocycles. The van der Waals surface area contributed by atoms with E-state index in [9.17, 15) is 4.39 Å². The standard InChI is InChI=1S/C16H14FN2OS/c1-9(2)16-19-12(8-21-16)11-6-4-10-5-7-13(20-3)14(17)15(10)18-11/h5-9H,1-3H3. The third-order valence-electron chi connectivity index (χ3n) is 3.18. The van der Waals surface area contributed by atoms with E-state index < -0.39 is 5.82 Å². The first-order valence-corrected chi connectivity index (χ1v) is 7.49. The maximum atomic E-state index is 14.3. The van der Waals surface area contributed by atoms with Gasteiger partial charge < -0.3 is 4.74 Å². The van der Waals surface area contributed by atoms with Crippen LogP contribution in [0.5, 0.6) is 5.75 Å². The van der Waals surface area contributed by atoms with Crippen molar-refractivity contribution >= 4 is 22.2 Å². The second kappa shape index (κ2) is 5.41. The molecule has 0 aliphatic heterocycles. The Morgan fingerprint density at radius 2 is 2.05 bits per heavy atom. The molecular formula is C16H14FN2OS. The third-order valence-corrected chi connectivity index (χ3v) is 4.32. The van der Waals surface area contributed by atoms with Crippen LogP contribution in [0.1, 0.15) is 24.8 Å². The van der Waals surface area contributed by atoms with Gasteiger partial charge in [-0.15, -0.1) is 11.3 Å². The van der Waals surface area contributed by atoms with Crippen molar-refractivity contribution in [1.82, 2.24) is 9.97 Å². The summed E-state index contributed by atoms with van der Waals surface area (Å²) in [5.41, 5.74) is 1.63. The SMILES string of the molecule is COc1ccc2[c]cc(-c3csc(C(C)C)n3)nc2c1F. The first-order valence-electron chi connectivity index (χ1n) is 6.61. The van der Waals surface area contributed by atoms with E-state index >= 15 is 0 Å². The minimum Gasteiger partial charge on any atom is -0.494 e. The average Bonchev–Trinajstić information content (AvgIpc) is 2.97. The minimum atomic E-state index is -0.465. The lowest BCUT2D eigenvalue weighted by Crippen LogP contribution is -1.93. The van der Waals surface area contributed by atoms with Crippen LogP contribution in [-0.2, 0) is 0 Å². The fourth-order valence-corrected chi connectivity index (χ4v) is 2.86. The summed E-state index contributed by atoms with van der Waals surface area (Å²) in [6.07, 6.45) is 0. The van der Waals surface area contributed by atoms with Gasteiger partial charge in [-0.2, -0.15) is 0 Å². The number of fused-ring (bicyclic) bond motifs is 1. The molecule has 0 spiro atoms. The summed E-state index contributed by atoms with van der Waals surface area (Å²) >= 11 is 1.59. The van der Waals surface area contributed by atoms with Crippen molar-refractivity contribution in [3.05, 3.63) is 40.5 Å². The molecule has 0 aliphatic carbocycles. The van der Waals surface area contributed by atoms with Gasteiger partial charge in [0, 0.05) is 16.7 Å². The monoisotopic (exact) mass is 301 g/mol. The quantitative estimate of drug-likeness (QED) is 0.718. The van der Waals surface area contributed by atoms with Gasteiger partial charge in [0.25, 0.3) is 0 Å². The molecule has 3 rings (SSSR count). The van der Waals surface area contributed by atoms with E-state index in [1.807, 2.05) is 5.38 Å². The number of aromatic nitrogens is 2. The second-order valence-corrected chi connectivity index (χ2v) is 5.88. The average molecular weight is 301 g/mol. The van der Waals surface area contributed by atoms with Gasteiger partial charge in [0.2, 0.25) is 0 Å². The first kappa shape index (κ1) is 13.9. The van der Waals surface area contributed by atoms with Gasteiger partial charge in [0.15, 0.2) is 11.6 Å². The van der Waals surface area contributed by atoms with Crippen molar-refractivity contribution in [2.45, 2.75) is 19.8 Å². The van der Waals surface area contributed by atoms with Crippen LogP contribution in [-0.4, -0.2) is 17.1 Å². The van der Waals surface area contributed by atoms with Crippen LogP contribution in [0.3, 0.4) is 0 Å². The fraction of sp³-hybridized carbons (Fsp3) is 0.250. The molecule has 0 fully saturated rings. The molecule has 0 atom stereocenters. The number of benzene rings is 1. The molecule has 0 unspecified atom stereocenters. The Kier molecular flexibility index (Phi) is 3.59. The lowest BCUT2D eigenvalue weighted by Gasteiger charge is -2.05. The maximum absolute atomic E-state index is 14.3. The van der Waals surface area contributed by atoms with Gasteiger partial charge in [-0.25, -0.2) is 14.4 Å². The summed E-state index contributed by atoms with van der Waals surface area (Å²) in [4.78, 5) is 8.93. The van der Waals surface area contributed by atoms with Crippen LogP contribution >= 0.6 is 11.3 Å². The van der Waals surface area contributed by atoms with Gasteiger partial charge in [0.1, 0.15) is 5.52 Å². The van der Waals surface area contributed by atoms with Gasteiger partial charge in [-0.1, -0.05) is 13.8 Å². The predicted octanol–water partition coefficient (Wildman–Crippen LogP) is 4.43. The van der Waals surface area contributed by atoms with E-state index in [1.165, 1.54) is 7.11 Å². The zero-order chi connectivity index (χ0) is 15.0.